The number of nitrogens with zero attached hydrogens (tertiary/aromatic N) is 1. The Labute approximate surface area is 173 Å². The quantitative estimate of drug-likeness (QED) is 0.533. The number of hydrogen-bond acceptors (Lipinski definition) is 5. The fraction of sp³-hybridized carbons (Fsp3) is 0.100. The average Bonchev–Trinajstić information content (AvgIpc) is 2.74. The summed E-state index contributed by atoms with van der Waals surface area (Å²) in [6.07, 6.45) is 3.28. The van der Waals surface area contributed by atoms with Crippen molar-refractivity contribution in [3.05, 3.63) is 78.4 Å². The van der Waals surface area contributed by atoms with Gasteiger partial charge in [-0.15, -0.1) is 0 Å². The van der Waals surface area contributed by atoms with Gasteiger partial charge < -0.3 is 15.4 Å². The number of amides is 2. The van der Waals surface area contributed by atoms with Crippen molar-refractivity contribution in [1.82, 2.24) is 10.3 Å². The van der Waals surface area contributed by atoms with Gasteiger partial charge in [0, 0.05) is 30.7 Å². The summed E-state index contributed by atoms with van der Waals surface area (Å²) in [7, 11) is -2.62. The van der Waals surface area contributed by atoms with Crippen LogP contribution in [0, 0.1) is 5.82 Å². The number of sulfonamides is 1. The highest BCUT2D eigenvalue weighted by molar-refractivity contribution is 7.92. The maximum absolute atomic E-state index is 13.5. The molecule has 8 nitrogen and oxygen atoms in total. The van der Waals surface area contributed by atoms with E-state index in [-0.39, 0.29) is 16.3 Å². The minimum Gasteiger partial charge on any atom is -0.494 e. The minimum atomic E-state index is -3.91. The van der Waals surface area contributed by atoms with Crippen LogP contribution in [0.25, 0.3) is 0 Å². The van der Waals surface area contributed by atoms with Gasteiger partial charge in [-0.05, 0) is 48.0 Å². The molecule has 0 unspecified atom stereocenters. The predicted octanol–water partition coefficient (Wildman–Crippen LogP) is 3.35. The molecule has 3 rings (SSSR count). The summed E-state index contributed by atoms with van der Waals surface area (Å²) in [6, 6.07) is 12.4. The zero-order valence-corrected chi connectivity index (χ0v) is 16.7. The number of carbonyl (C=O) groups excluding carboxylic acids is 1. The Kier molecular flexibility index (Phi) is 6.48. The van der Waals surface area contributed by atoms with E-state index in [4.69, 9.17) is 4.74 Å². The Morgan fingerprint density at radius 2 is 1.83 bits per heavy atom. The van der Waals surface area contributed by atoms with E-state index in [2.05, 4.69) is 20.3 Å². The zero-order chi connectivity index (χ0) is 21.6. The third-order valence-electron chi connectivity index (χ3n) is 4.00. The summed E-state index contributed by atoms with van der Waals surface area (Å²) in [5.74, 6) is -0.676. The molecular formula is C20H19FN4O4S. The van der Waals surface area contributed by atoms with E-state index in [1.807, 2.05) is 6.07 Å². The second kappa shape index (κ2) is 9.23. The van der Waals surface area contributed by atoms with E-state index in [0.717, 1.165) is 11.6 Å². The minimum absolute atomic E-state index is 0.0212. The summed E-state index contributed by atoms with van der Waals surface area (Å²) in [6.45, 7) is 0.303. The van der Waals surface area contributed by atoms with Gasteiger partial charge in [0.25, 0.3) is 10.0 Å². The molecule has 0 radical (unpaired) electrons. The van der Waals surface area contributed by atoms with Crippen LogP contribution in [0.3, 0.4) is 0 Å². The van der Waals surface area contributed by atoms with Crippen molar-refractivity contribution in [3.8, 4) is 5.75 Å². The fourth-order valence-corrected chi connectivity index (χ4v) is 3.56. The van der Waals surface area contributed by atoms with Crippen molar-refractivity contribution in [1.29, 1.82) is 0 Å². The molecule has 2 aromatic carbocycles. The lowest BCUT2D eigenvalue weighted by Gasteiger charge is -2.11. The van der Waals surface area contributed by atoms with Crippen LogP contribution in [0.1, 0.15) is 5.56 Å². The second-order valence-electron chi connectivity index (χ2n) is 6.15. The first-order chi connectivity index (χ1) is 14.4. The van der Waals surface area contributed by atoms with Gasteiger partial charge in [-0.1, -0.05) is 6.07 Å². The van der Waals surface area contributed by atoms with E-state index in [0.29, 0.717) is 12.2 Å². The molecule has 0 bridgehead atoms. The molecule has 0 aliphatic rings. The number of anilines is 2. The Bertz CT molecular complexity index is 1120. The van der Waals surface area contributed by atoms with Crippen LogP contribution in [0.4, 0.5) is 20.6 Å². The highest BCUT2D eigenvalue weighted by atomic mass is 32.2. The summed E-state index contributed by atoms with van der Waals surface area (Å²) >= 11 is 0. The molecule has 30 heavy (non-hydrogen) atoms. The molecule has 2 amide bonds. The maximum Gasteiger partial charge on any atom is 0.319 e. The molecule has 0 fully saturated rings. The molecule has 1 aromatic heterocycles. The van der Waals surface area contributed by atoms with Crippen molar-refractivity contribution in [2.24, 2.45) is 0 Å². The molecule has 10 heteroatoms. The first-order valence-corrected chi connectivity index (χ1v) is 10.3. The number of urea groups is 1. The largest absolute Gasteiger partial charge is 0.494 e. The van der Waals surface area contributed by atoms with E-state index in [1.54, 1.807) is 18.5 Å². The lowest BCUT2D eigenvalue weighted by atomic mass is 10.3. The third-order valence-corrected chi connectivity index (χ3v) is 5.40. The van der Waals surface area contributed by atoms with Crippen LogP contribution in [0.15, 0.2) is 71.9 Å². The number of halogens is 1. The van der Waals surface area contributed by atoms with Crippen LogP contribution in [0.5, 0.6) is 5.75 Å². The fourth-order valence-electron chi connectivity index (χ4n) is 2.52. The van der Waals surface area contributed by atoms with Gasteiger partial charge in [0.1, 0.15) is 0 Å². The van der Waals surface area contributed by atoms with Crippen LogP contribution in [0.2, 0.25) is 0 Å². The Morgan fingerprint density at radius 3 is 2.50 bits per heavy atom. The van der Waals surface area contributed by atoms with Gasteiger partial charge in [0.2, 0.25) is 0 Å². The summed E-state index contributed by atoms with van der Waals surface area (Å²) < 4.78 is 45.7. The van der Waals surface area contributed by atoms with E-state index >= 15 is 0 Å². The molecule has 0 aliphatic heterocycles. The van der Waals surface area contributed by atoms with Gasteiger partial charge in [0.05, 0.1) is 17.7 Å². The molecule has 0 spiro atoms. The standard InChI is InChI=1S/C20H19FN4O4S/c1-29-19-11-16(6-9-18(19)21)25-30(27,28)17-7-4-15(5-8-17)24-20(26)23-13-14-3-2-10-22-12-14/h2-12,25H,13H2,1H3,(H2,23,24,26). The number of pyridine rings is 1. The molecule has 3 N–H and O–H groups in total. The summed E-state index contributed by atoms with van der Waals surface area (Å²) in [4.78, 5) is 15.9. The number of ether oxygens (including phenoxy) is 1. The Balaban J connectivity index is 1.62. The zero-order valence-electron chi connectivity index (χ0n) is 15.9. The lowest BCUT2D eigenvalue weighted by Crippen LogP contribution is -2.28. The number of aromatic nitrogens is 1. The average molecular weight is 430 g/mol. The van der Waals surface area contributed by atoms with Crippen molar-refractivity contribution in [2.75, 3.05) is 17.1 Å². The normalized spacial score (nSPS) is 10.9. The van der Waals surface area contributed by atoms with Gasteiger partial charge in [0.15, 0.2) is 11.6 Å². The molecule has 1 heterocycles. The van der Waals surface area contributed by atoms with Crippen molar-refractivity contribution < 1.29 is 22.3 Å². The first-order valence-electron chi connectivity index (χ1n) is 8.77. The lowest BCUT2D eigenvalue weighted by molar-refractivity contribution is 0.251. The monoisotopic (exact) mass is 430 g/mol. The number of methoxy groups -OCH3 is 1. The Hall–Kier alpha value is -3.66. The topological polar surface area (TPSA) is 109 Å². The molecule has 0 atom stereocenters. The molecule has 0 saturated carbocycles. The van der Waals surface area contributed by atoms with E-state index in [9.17, 15) is 17.6 Å². The summed E-state index contributed by atoms with van der Waals surface area (Å²) in [5, 5.41) is 5.30. The number of carbonyl (C=O) groups is 1. The van der Waals surface area contributed by atoms with Crippen molar-refractivity contribution in [3.63, 3.8) is 0 Å². The predicted molar refractivity (Wildman–Crippen MR) is 110 cm³/mol. The Morgan fingerprint density at radius 1 is 1.10 bits per heavy atom. The first kappa shape index (κ1) is 21.1. The molecule has 156 valence electrons. The smallest absolute Gasteiger partial charge is 0.319 e. The van der Waals surface area contributed by atoms with E-state index in [1.165, 1.54) is 43.5 Å². The maximum atomic E-state index is 13.5. The van der Waals surface area contributed by atoms with Crippen molar-refractivity contribution >= 4 is 27.4 Å². The van der Waals surface area contributed by atoms with Gasteiger partial charge in [-0.3, -0.25) is 9.71 Å². The molecule has 3 aromatic rings. The summed E-state index contributed by atoms with van der Waals surface area (Å²) in [5.41, 5.74) is 1.42. The molecular weight excluding hydrogens is 411 g/mol. The van der Waals surface area contributed by atoms with Gasteiger partial charge in [-0.2, -0.15) is 0 Å². The number of rotatable bonds is 7. The van der Waals surface area contributed by atoms with Gasteiger partial charge in [-0.25, -0.2) is 17.6 Å². The van der Waals surface area contributed by atoms with Gasteiger partial charge >= 0.3 is 6.03 Å². The molecule has 0 aliphatic carbocycles. The number of benzene rings is 2. The van der Waals surface area contributed by atoms with E-state index < -0.39 is 21.9 Å². The SMILES string of the molecule is COc1cc(NS(=O)(=O)c2ccc(NC(=O)NCc3cccnc3)cc2)ccc1F. The molecule has 0 saturated heterocycles. The third kappa shape index (κ3) is 5.45. The number of nitrogens with one attached hydrogen (secondary N) is 3. The van der Waals surface area contributed by atoms with Crippen LogP contribution in [-0.4, -0.2) is 26.5 Å². The highest BCUT2D eigenvalue weighted by Crippen LogP contribution is 2.24. The second-order valence-corrected chi connectivity index (χ2v) is 7.83. The van der Waals surface area contributed by atoms with Crippen LogP contribution in [-0.2, 0) is 16.6 Å². The van der Waals surface area contributed by atoms with Crippen LogP contribution >= 0.6 is 0 Å². The van der Waals surface area contributed by atoms with Crippen molar-refractivity contribution in [2.45, 2.75) is 11.4 Å². The highest BCUT2D eigenvalue weighted by Gasteiger charge is 2.15. The van der Waals surface area contributed by atoms with Crippen LogP contribution < -0.4 is 20.1 Å². The number of hydrogen-bond donors (Lipinski definition) is 3.